The smallest absolute Gasteiger partial charge is 0.417 e. The van der Waals surface area contributed by atoms with Gasteiger partial charge in [-0.05, 0) is 113 Å². The van der Waals surface area contributed by atoms with Crippen LogP contribution < -0.4 is 20.7 Å². The molecule has 4 aliphatic rings. The molecule has 1 unspecified atom stereocenters. The van der Waals surface area contributed by atoms with Gasteiger partial charge in [-0.2, -0.15) is 37.0 Å². The maximum absolute atomic E-state index is 14.5. The minimum absolute atomic E-state index is 0.0115. The number of nitrogen functional groups attached to an aromatic ring is 1. The molecular formula is C37H46BrF5N8O2. The number of halogens is 6. The van der Waals surface area contributed by atoms with E-state index in [1.54, 1.807) is 0 Å². The second-order valence-electron chi connectivity index (χ2n) is 13.6. The highest BCUT2D eigenvalue weighted by atomic mass is 79.9. The molecule has 16 heteroatoms. The topological polar surface area (TPSA) is 107 Å². The summed E-state index contributed by atoms with van der Waals surface area (Å²) in [6.07, 6.45) is -2.03. The maximum atomic E-state index is 14.5. The van der Waals surface area contributed by atoms with Gasteiger partial charge in [0, 0.05) is 36.3 Å². The van der Waals surface area contributed by atoms with Crippen LogP contribution in [0.4, 0.5) is 33.5 Å². The molecule has 2 saturated heterocycles. The van der Waals surface area contributed by atoms with Crippen LogP contribution >= 0.6 is 15.9 Å². The first-order valence-electron chi connectivity index (χ1n) is 17.6. The van der Waals surface area contributed by atoms with Crippen LogP contribution in [0.15, 0.2) is 29.3 Å². The van der Waals surface area contributed by atoms with Crippen molar-refractivity contribution in [1.29, 1.82) is 0 Å². The number of anilines is 2. The molecule has 2 fully saturated rings. The second-order valence-corrected chi connectivity index (χ2v) is 14.3. The fraction of sp³-hybridized carbons (Fsp3) is 0.541. The van der Waals surface area contributed by atoms with E-state index in [-0.39, 0.29) is 41.4 Å². The zero-order chi connectivity index (χ0) is 38.5. The van der Waals surface area contributed by atoms with Crippen molar-refractivity contribution in [1.82, 2.24) is 30.0 Å². The van der Waals surface area contributed by atoms with Gasteiger partial charge in [0.25, 0.3) is 6.08 Å². The third-order valence-electron chi connectivity index (χ3n) is 9.81. The summed E-state index contributed by atoms with van der Waals surface area (Å²) in [5, 5.41) is 7.44. The molecule has 0 radical (unpaired) electrons. The standard InChI is InChI=1S/C33H37BrF3N7O2.C2H2F2.C2H7N/c1-3-7-21-14-22(38)15-23(28(21)33(35,36)37)27-16-25-24(18-45-27)30(42-10-6-13-44-26(17-42)29(34)20(2)41-44)40-31(39-25)46-19-32-8-4-11-43(32)12-5-9-32;1-2(3)4;1-3-2/h14-15,27H,4-6,8-13,16-19,38H2,1-2H3;1H2;3H,1-2H3. The van der Waals surface area contributed by atoms with Crippen molar-refractivity contribution in [2.45, 2.75) is 89.9 Å². The van der Waals surface area contributed by atoms with E-state index in [1.807, 2.05) is 25.7 Å². The lowest BCUT2D eigenvalue weighted by Gasteiger charge is -2.33. The minimum Gasteiger partial charge on any atom is -0.461 e. The molecule has 3 aromatic rings. The molecule has 10 nitrogen and oxygen atoms in total. The summed E-state index contributed by atoms with van der Waals surface area (Å²) in [4.78, 5) is 14.5. The second kappa shape index (κ2) is 17.1. The quantitative estimate of drug-likeness (QED) is 0.158. The van der Waals surface area contributed by atoms with Crippen LogP contribution in [-0.2, 0) is 37.0 Å². The van der Waals surface area contributed by atoms with Gasteiger partial charge in [-0.25, -0.2) is 0 Å². The molecule has 6 heterocycles. The zero-order valence-corrected chi connectivity index (χ0v) is 32.1. The Labute approximate surface area is 315 Å². The number of ether oxygens (including phenoxy) is 2. The van der Waals surface area contributed by atoms with Gasteiger partial charge in [-0.3, -0.25) is 9.58 Å². The van der Waals surface area contributed by atoms with Crippen LogP contribution in [0.2, 0.25) is 0 Å². The summed E-state index contributed by atoms with van der Waals surface area (Å²) in [6, 6.07) is 2.87. The van der Waals surface area contributed by atoms with E-state index >= 15 is 0 Å². The van der Waals surface area contributed by atoms with Gasteiger partial charge in [0.1, 0.15) is 12.4 Å². The van der Waals surface area contributed by atoms with Gasteiger partial charge in [0.15, 0.2) is 0 Å². The summed E-state index contributed by atoms with van der Waals surface area (Å²) in [5.74, 6) is 5.87. The predicted octanol–water partition coefficient (Wildman–Crippen LogP) is 7.18. The zero-order valence-electron chi connectivity index (χ0n) is 30.5. The summed E-state index contributed by atoms with van der Waals surface area (Å²) in [6.45, 7) is 10.4. The summed E-state index contributed by atoms with van der Waals surface area (Å²) < 4.78 is 79.4. The number of fused-ring (bicyclic) bond motifs is 3. The molecule has 4 aliphatic heterocycles. The largest absolute Gasteiger partial charge is 0.461 e. The number of rotatable bonds is 5. The molecule has 0 aliphatic carbocycles. The lowest BCUT2D eigenvalue weighted by molar-refractivity contribution is -0.140. The predicted molar refractivity (Wildman–Crippen MR) is 197 cm³/mol. The molecule has 1 aromatic carbocycles. The Kier molecular flexibility index (Phi) is 13.1. The molecular weight excluding hydrogens is 763 g/mol. The van der Waals surface area contributed by atoms with Crippen LogP contribution in [0.1, 0.15) is 84.5 Å². The van der Waals surface area contributed by atoms with E-state index in [4.69, 9.17) is 30.3 Å². The molecule has 0 spiro atoms. The number of nitrogens with two attached hydrogens (primary N) is 1. The van der Waals surface area contributed by atoms with E-state index in [2.05, 4.69) is 49.5 Å². The molecule has 3 N–H and O–H groups in total. The summed E-state index contributed by atoms with van der Waals surface area (Å²) in [7, 11) is 3.75. The van der Waals surface area contributed by atoms with Gasteiger partial charge >= 0.3 is 12.2 Å². The van der Waals surface area contributed by atoms with Gasteiger partial charge in [0.05, 0.1) is 51.9 Å². The number of nitrogens with zero attached hydrogens (tertiary/aromatic N) is 6. The molecule has 0 saturated carbocycles. The average molecular weight is 810 g/mol. The SMILES string of the molecule is C=C(F)F.CC#Cc1cc(N)cc(C2Cc3nc(OCC45CCCN4CCC5)nc(N4CCCn5nc(C)c(Br)c5C4)c3CO2)c1C(F)(F)F.CNC. The number of benzene rings is 1. The lowest BCUT2D eigenvalue weighted by Crippen LogP contribution is -2.43. The van der Waals surface area contributed by atoms with Gasteiger partial charge in [0.2, 0.25) is 0 Å². The fourth-order valence-electron chi connectivity index (χ4n) is 7.70. The molecule has 53 heavy (non-hydrogen) atoms. The van der Waals surface area contributed by atoms with E-state index in [9.17, 15) is 22.0 Å². The summed E-state index contributed by atoms with van der Waals surface area (Å²) >= 11 is 3.72. The molecule has 0 amide bonds. The summed E-state index contributed by atoms with van der Waals surface area (Å²) in [5.41, 5.74) is 8.61. The van der Waals surface area contributed by atoms with Crippen molar-refractivity contribution in [3.05, 3.63) is 68.6 Å². The van der Waals surface area contributed by atoms with Crippen LogP contribution in [0, 0.1) is 18.8 Å². The first-order chi connectivity index (χ1) is 25.2. The number of hydrogen-bond acceptors (Lipinski definition) is 9. The number of aromatic nitrogens is 4. The molecule has 7 rings (SSSR count). The Bertz CT molecular complexity index is 1840. The van der Waals surface area contributed by atoms with Crippen LogP contribution in [-0.4, -0.2) is 70.5 Å². The average Bonchev–Trinajstić information content (AvgIpc) is 3.69. The van der Waals surface area contributed by atoms with E-state index < -0.39 is 23.9 Å². The highest BCUT2D eigenvalue weighted by Crippen LogP contribution is 2.44. The van der Waals surface area contributed by atoms with Crippen LogP contribution in [0.5, 0.6) is 6.01 Å². The normalized spacial score (nSPS) is 18.9. The van der Waals surface area contributed by atoms with Gasteiger partial charge in [-0.1, -0.05) is 5.92 Å². The molecule has 0 bridgehead atoms. The highest BCUT2D eigenvalue weighted by molar-refractivity contribution is 9.10. The number of nitrogens with one attached hydrogen (secondary N) is 1. The van der Waals surface area contributed by atoms with Crippen LogP contribution in [0.3, 0.4) is 0 Å². The monoisotopic (exact) mass is 808 g/mol. The van der Waals surface area contributed by atoms with Crippen molar-refractivity contribution in [2.75, 3.05) is 51.0 Å². The Hall–Kier alpha value is -3.78. The number of aryl methyl sites for hydroxylation is 2. The van der Waals surface area contributed by atoms with Crippen molar-refractivity contribution in [2.24, 2.45) is 0 Å². The van der Waals surface area contributed by atoms with Crippen LogP contribution in [0.25, 0.3) is 0 Å². The third-order valence-corrected chi connectivity index (χ3v) is 10.8. The van der Waals surface area contributed by atoms with Crippen molar-refractivity contribution < 1.29 is 31.4 Å². The van der Waals surface area contributed by atoms with E-state index in [0.29, 0.717) is 31.2 Å². The van der Waals surface area contributed by atoms with Crippen molar-refractivity contribution in [3.8, 4) is 17.9 Å². The maximum Gasteiger partial charge on any atom is 0.417 e. The fourth-order valence-corrected chi connectivity index (χ4v) is 8.11. The van der Waals surface area contributed by atoms with E-state index in [1.165, 1.54) is 19.1 Å². The number of alkyl halides is 3. The van der Waals surface area contributed by atoms with Crippen molar-refractivity contribution in [3.63, 3.8) is 0 Å². The lowest BCUT2D eigenvalue weighted by atomic mass is 9.91. The number of hydrogen-bond donors (Lipinski definition) is 2. The first kappa shape index (κ1) is 40.4. The Morgan fingerprint density at radius 3 is 2.45 bits per heavy atom. The Morgan fingerprint density at radius 2 is 1.81 bits per heavy atom. The third kappa shape index (κ3) is 9.13. The highest BCUT2D eigenvalue weighted by Gasteiger charge is 2.45. The molecule has 288 valence electrons. The Balaban J connectivity index is 0.000000715. The van der Waals surface area contributed by atoms with Gasteiger partial charge in [-0.15, -0.1) is 5.92 Å². The minimum atomic E-state index is -4.65. The Morgan fingerprint density at radius 1 is 1.13 bits per heavy atom. The molecule has 1 atom stereocenters. The van der Waals surface area contributed by atoms with E-state index in [0.717, 1.165) is 73.2 Å². The molecule has 2 aromatic heterocycles. The first-order valence-corrected chi connectivity index (χ1v) is 18.4. The van der Waals surface area contributed by atoms with Crippen molar-refractivity contribution >= 4 is 27.4 Å². The van der Waals surface area contributed by atoms with Gasteiger partial charge < -0.3 is 25.4 Å².